The van der Waals surface area contributed by atoms with Crippen LogP contribution in [0.2, 0.25) is 0 Å². The van der Waals surface area contributed by atoms with E-state index in [4.69, 9.17) is 5.11 Å². The van der Waals surface area contributed by atoms with Crippen LogP contribution in [0.25, 0.3) is 0 Å². The van der Waals surface area contributed by atoms with E-state index in [9.17, 15) is 4.79 Å². The number of hydrogen-bond donors (Lipinski definition) is 2. The number of aryl methyl sites for hydroxylation is 1. The van der Waals surface area contributed by atoms with Crippen molar-refractivity contribution in [1.29, 1.82) is 0 Å². The predicted octanol–water partition coefficient (Wildman–Crippen LogP) is 2.39. The fourth-order valence-corrected chi connectivity index (χ4v) is 2.67. The number of benzene rings is 1. The SMILES string of the molecule is CC(CCC(=O)O)NC1CCc2ccccc2C1. The smallest absolute Gasteiger partial charge is 0.303 e. The monoisotopic (exact) mass is 247 g/mol. The zero-order chi connectivity index (χ0) is 13.0. The second-order valence-electron chi connectivity index (χ2n) is 5.21. The number of rotatable bonds is 5. The molecular formula is C15H21NO2. The minimum absolute atomic E-state index is 0.247. The molecule has 2 unspecified atom stereocenters. The molecular weight excluding hydrogens is 226 g/mol. The first-order valence-electron chi connectivity index (χ1n) is 6.70. The Bertz CT molecular complexity index is 417. The maximum atomic E-state index is 10.5. The van der Waals surface area contributed by atoms with Crippen LogP contribution in [0.1, 0.15) is 37.3 Å². The van der Waals surface area contributed by atoms with Crippen molar-refractivity contribution < 1.29 is 9.90 Å². The lowest BCUT2D eigenvalue weighted by Gasteiger charge is -2.28. The molecule has 0 saturated heterocycles. The summed E-state index contributed by atoms with van der Waals surface area (Å²) in [7, 11) is 0. The molecule has 0 saturated carbocycles. The first-order valence-corrected chi connectivity index (χ1v) is 6.70. The summed E-state index contributed by atoms with van der Waals surface area (Å²) in [4.78, 5) is 10.5. The molecule has 98 valence electrons. The second kappa shape index (κ2) is 6.01. The van der Waals surface area contributed by atoms with Gasteiger partial charge >= 0.3 is 5.97 Å². The molecule has 0 heterocycles. The van der Waals surface area contributed by atoms with Crippen LogP contribution in [0.5, 0.6) is 0 Å². The van der Waals surface area contributed by atoms with E-state index in [1.54, 1.807) is 0 Å². The Morgan fingerprint density at radius 3 is 2.89 bits per heavy atom. The van der Waals surface area contributed by atoms with E-state index in [1.165, 1.54) is 11.1 Å². The molecule has 0 bridgehead atoms. The summed E-state index contributed by atoms with van der Waals surface area (Å²) in [5.41, 5.74) is 2.90. The van der Waals surface area contributed by atoms with Crippen molar-refractivity contribution in [3.05, 3.63) is 35.4 Å². The fourth-order valence-electron chi connectivity index (χ4n) is 2.67. The van der Waals surface area contributed by atoms with Crippen molar-refractivity contribution in [2.75, 3.05) is 0 Å². The van der Waals surface area contributed by atoms with Gasteiger partial charge in [0.1, 0.15) is 0 Å². The number of carbonyl (C=O) groups is 1. The third-order valence-electron chi connectivity index (χ3n) is 3.66. The van der Waals surface area contributed by atoms with Gasteiger partial charge in [-0.25, -0.2) is 0 Å². The maximum Gasteiger partial charge on any atom is 0.303 e. The van der Waals surface area contributed by atoms with E-state index in [0.29, 0.717) is 12.5 Å². The molecule has 0 radical (unpaired) electrons. The molecule has 0 aromatic heterocycles. The number of carboxylic acids is 1. The molecule has 3 heteroatoms. The van der Waals surface area contributed by atoms with E-state index < -0.39 is 5.97 Å². The number of carboxylic acid groups (broad SMARTS) is 1. The van der Waals surface area contributed by atoms with Crippen LogP contribution in [0.3, 0.4) is 0 Å². The Kier molecular flexibility index (Phi) is 4.37. The van der Waals surface area contributed by atoms with Crippen molar-refractivity contribution in [3.63, 3.8) is 0 Å². The van der Waals surface area contributed by atoms with Crippen LogP contribution in [-0.4, -0.2) is 23.2 Å². The van der Waals surface area contributed by atoms with Crippen molar-refractivity contribution in [3.8, 4) is 0 Å². The van der Waals surface area contributed by atoms with E-state index in [0.717, 1.165) is 19.3 Å². The molecule has 1 aliphatic carbocycles. The van der Waals surface area contributed by atoms with Crippen molar-refractivity contribution in [1.82, 2.24) is 5.32 Å². The number of nitrogens with one attached hydrogen (secondary N) is 1. The second-order valence-corrected chi connectivity index (χ2v) is 5.21. The topological polar surface area (TPSA) is 49.3 Å². The molecule has 1 aliphatic rings. The van der Waals surface area contributed by atoms with Gasteiger partial charge in [0.05, 0.1) is 0 Å². The summed E-state index contributed by atoms with van der Waals surface area (Å²) in [6, 6.07) is 9.36. The van der Waals surface area contributed by atoms with Crippen LogP contribution in [0, 0.1) is 0 Å². The van der Waals surface area contributed by atoms with E-state index in [2.05, 4.69) is 36.5 Å². The van der Waals surface area contributed by atoms with Gasteiger partial charge in [-0.3, -0.25) is 4.79 Å². The van der Waals surface area contributed by atoms with Crippen LogP contribution in [0.4, 0.5) is 0 Å². The highest BCUT2D eigenvalue weighted by atomic mass is 16.4. The zero-order valence-electron chi connectivity index (χ0n) is 10.9. The van der Waals surface area contributed by atoms with Crippen molar-refractivity contribution in [2.24, 2.45) is 0 Å². The van der Waals surface area contributed by atoms with Crippen molar-refractivity contribution >= 4 is 5.97 Å². The highest BCUT2D eigenvalue weighted by molar-refractivity contribution is 5.66. The Hall–Kier alpha value is -1.35. The van der Waals surface area contributed by atoms with Crippen LogP contribution >= 0.6 is 0 Å². The Morgan fingerprint density at radius 1 is 1.44 bits per heavy atom. The van der Waals surface area contributed by atoms with Gasteiger partial charge in [-0.05, 0) is 43.7 Å². The summed E-state index contributed by atoms with van der Waals surface area (Å²) < 4.78 is 0. The average molecular weight is 247 g/mol. The Morgan fingerprint density at radius 2 is 2.17 bits per heavy atom. The normalized spacial score (nSPS) is 20.2. The summed E-state index contributed by atoms with van der Waals surface area (Å²) >= 11 is 0. The average Bonchev–Trinajstić information content (AvgIpc) is 2.36. The van der Waals surface area contributed by atoms with Gasteiger partial charge in [-0.15, -0.1) is 0 Å². The summed E-state index contributed by atoms with van der Waals surface area (Å²) in [6.45, 7) is 2.07. The van der Waals surface area contributed by atoms with Gasteiger partial charge in [0.2, 0.25) is 0 Å². The Labute approximate surface area is 108 Å². The van der Waals surface area contributed by atoms with Crippen LogP contribution < -0.4 is 5.32 Å². The summed E-state index contributed by atoms with van der Waals surface area (Å²) in [5.74, 6) is -0.711. The van der Waals surface area contributed by atoms with Gasteiger partial charge in [0, 0.05) is 18.5 Å². The molecule has 0 amide bonds. The largest absolute Gasteiger partial charge is 0.481 e. The molecule has 2 rings (SSSR count). The first kappa shape index (κ1) is 13.1. The molecule has 0 spiro atoms. The van der Waals surface area contributed by atoms with Crippen LogP contribution in [0.15, 0.2) is 24.3 Å². The fraction of sp³-hybridized carbons (Fsp3) is 0.533. The maximum absolute atomic E-state index is 10.5. The van der Waals surface area contributed by atoms with E-state index >= 15 is 0 Å². The third-order valence-corrected chi connectivity index (χ3v) is 3.66. The predicted molar refractivity (Wildman–Crippen MR) is 71.7 cm³/mol. The molecule has 1 aromatic carbocycles. The lowest BCUT2D eigenvalue weighted by Crippen LogP contribution is -2.40. The third kappa shape index (κ3) is 3.57. The van der Waals surface area contributed by atoms with Gasteiger partial charge in [0.25, 0.3) is 0 Å². The Balaban J connectivity index is 1.84. The number of hydrogen-bond acceptors (Lipinski definition) is 2. The molecule has 18 heavy (non-hydrogen) atoms. The lowest BCUT2D eigenvalue weighted by atomic mass is 9.88. The van der Waals surface area contributed by atoms with Gasteiger partial charge in [0.15, 0.2) is 0 Å². The number of aliphatic carboxylic acids is 1. The standard InChI is InChI=1S/C15H21NO2/c1-11(6-9-15(17)18)16-14-8-7-12-4-2-3-5-13(12)10-14/h2-5,11,14,16H,6-10H2,1H3,(H,17,18). The minimum Gasteiger partial charge on any atom is -0.481 e. The van der Waals surface area contributed by atoms with Gasteiger partial charge in [-0.1, -0.05) is 24.3 Å². The van der Waals surface area contributed by atoms with Gasteiger partial charge < -0.3 is 10.4 Å². The lowest BCUT2D eigenvalue weighted by molar-refractivity contribution is -0.137. The minimum atomic E-state index is -0.711. The molecule has 3 nitrogen and oxygen atoms in total. The molecule has 2 atom stereocenters. The summed E-state index contributed by atoms with van der Waals surface area (Å²) in [5, 5.41) is 12.2. The zero-order valence-corrected chi connectivity index (χ0v) is 10.9. The molecule has 0 fully saturated rings. The highest BCUT2D eigenvalue weighted by Crippen LogP contribution is 2.21. The van der Waals surface area contributed by atoms with E-state index in [1.807, 2.05) is 0 Å². The quantitative estimate of drug-likeness (QED) is 0.840. The van der Waals surface area contributed by atoms with Gasteiger partial charge in [-0.2, -0.15) is 0 Å². The van der Waals surface area contributed by atoms with Crippen LogP contribution in [-0.2, 0) is 17.6 Å². The number of fused-ring (bicyclic) bond motifs is 1. The van der Waals surface area contributed by atoms with E-state index in [-0.39, 0.29) is 12.5 Å². The molecule has 1 aromatic rings. The molecule has 0 aliphatic heterocycles. The highest BCUT2D eigenvalue weighted by Gasteiger charge is 2.19. The first-order chi connectivity index (χ1) is 8.65. The molecule has 2 N–H and O–H groups in total. The summed E-state index contributed by atoms with van der Waals surface area (Å²) in [6.07, 6.45) is 4.28. The van der Waals surface area contributed by atoms with Crippen molar-refractivity contribution in [2.45, 2.75) is 51.1 Å².